The summed E-state index contributed by atoms with van der Waals surface area (Å²) in [6.45, 7) is 1.81. The largest absolute Gasteiger partial charge is 0.522 e. The summed E-state index contributed by atoms with van der Waals surface area (Å²) in [5.74, 6) is -3.86. The van der Waals surface area contributed by atoms with E-state index in [9.17, 15) is 36.7 Å². The normalized spacial score (nSPS) is 20.4. The van der Waals surface area contributed by atoms with E-state index in [4.69, 9.17) is 9.26 Å². The van der Waals surface area contributed by atoms with E-state index in [1.165, 1.54) is 13.8 Å². The lowest BCUT2D eigenvalue weighted by Crippen LogP contribution is -2.53. The first-order chi connectivity index (χ1) is 18.2. The van der Waals surface area contributed by atoms with Crippen LogP contribution in [-0.2, 0) is 29.5 Å². The molecule has 0 saturated carbocycles. The summed E-state index contributed by atoms with van der Waals surface area (Å²) < 4.78 is 65.7. The molecule has 2 aliphatic heterocycles. The summed E-state index contributed by atoms with van der Waals surface area (Å²) >= 11 is 0. The first-order valence-corrected chi connectivity index (χ1v) is 12.6. The van der Waals surface area contributed by atoms with E-state index in [1.54, 1.807) is 0 Å². The van der Waals surface area contributed by atoms with Gasteiger partial charge in [0.2, 0.25) is 5.91 Å². The minimum Gasteiger partial charge on any atom is -0.381 e. The van der Waals surface area contributed by atoms with Gasteiger partial charge in [-0.05, 0) is 39.5 Å². The van der Waals surface area contributed by atoms with Crippen LogP contribution in [-0.4, -0.2) is 79.9 Å². The third kappa shape index (κ3) is 9.07. The number of halogens is 4. The van der Waals surface area contributed by atoms with Crippen molar-refractivity contribution in [1.82, 2.24) is 21.1 Å². The van der Waals surface area contributed by atoms with E-state index < -0.39 is 54.2 Å². The van der Waals surface area contributed by atoms with Crippen molar-refractivity contribution in [2.24, 2.45) is 11.8 Å². The van der Waals surface area contributed by atoms with Gasteiger partial charge in [0, 0.05) is 44.2 Å². The third-order valence-corrected chi connectivity index (χ3v) is 6.62. The van der Waals surface area contributed by atoms with Crippen molar-refractivity contribution < 1.29 is 50.7 Å². The number of nitrogens with one attached hydrogen (secondary N) is 3. The highest BCUT2D eigenvalue weighted by Gasteiger charge is 2.36. The molecule has 15 heteroatoms. The fourth-order valence-corrected chi connectivity index (χ4v) is 4.38. The quantitative estimate of drug-likeness (QED) is 0.304. The number of nitrogens with zero attached hydrogens (tertiary/aromatic N) is 1. The maximum absolute atomic E-state index is 14.2. The summed E-state index contributed by atoms with van der Waals surface area (Å²) in [5, 5.41) is 11.4. The zero-order valence-electron chi connectivity index (χ0n) is 21.6. The number of amides is 2. The number of hydrogen-bond acceptors (Lipinski definition) is 9. The zero-order valence-corrected chi connectivity index (χ0v) is 21.6. The molecule has 3 N–H and O–H groups in total. The molecule has 1 aromatic heterocycles. The average Bonchev–Trinajstić information content (AvgIpc) is 3.53. The van der Waals surface area contributed by atoms with Gasteiger partial charge in [-0.1, -0.05) is 5.16 Å². The zero-order chi connectivity index (χ0) is 28.8. The van der Waals surface area contributed by atoms with Crippen molar-refractivity contribution in [1.29, 1.82) is 0 Å². The molecule has 3 atom stereocenters. The number of alkyl halides is 4. The molecule has 2 amide bonds. The number of aromatic nitrogens is 1. The van der Waals surface area contributed by atoms with Crippen molar-refractivity contribution in [3.05, 3.63) is 17.5 Å². The first kappa shape index (κ1) is 30.6. The van der Waals surface area contributed by atoms with Gasteiger partial charge < -0.3 is 25.2 Å². The maximum Gasteiger partial charge on any atom is 0.522 e. The second-order valence-corrected chi connectivity index (χ2v) is 10.0. The Bertz CT molecular complexity index is 1030. The lowest BCUT2D eigenvalue weighted by atomic mass is 9.90. The summed E-state index contributed by atoms with van der Waals surface area (Å²) in [5.41, 5.74) is -2.20. The standard InChI is InChI=1S/C24H32F4N4O7/c1-23(2,25)19-10-16(32-39-19)22(36)31-17(20(34)13-4-7-37-8-5-13)11-30-15(9-14-3-6-29-21(14)35)18(33)12-38-24(26,27)28/h10,13-15,17,30H,3-9,11-12H2,1-2H3,(H,29,35)(H,31,36)/t14-,15-,17?/m0/s1. The summed E-state index contributed by atoms with van der Waals surface area (Å²) in [6.07, 6.45) is -4.01. The molecule has 0 aromatic carbocycles. The van der Waals surface area contributed by atoms with E-state index in [1.807, 2.05) is 0 Å². The first-order valence-electron chi connectivity index (χ1n) is 12.6. The molecule has 1 unspecified atom stereocenters. The minimum atomic E-state index is -5.04. The van der Waals surface area contributed by atoms with E-state index >= 15 is 0 Å². The maximum atomic E-state index is 14.2. The lowest BCUT2D eigenvalue weighted by molar-refractivity contribution is -0.321. The number of Topliss-reactive ketones (excluding diaryl/α,β-unsaturated/α-hetero) is 2. The van der Waals surface area contributed by atoms with Gasteiger partial charge in [-0.15, -0.1) is 13.2 Å². The minimum absolute atomic E-state index is 0.129. The second kappa shape index (κ2) is 13.0. The highest BCUT2D eigenvalue weighted by molar-refractivity contribution is 5.97. The van der Waals surface area contributed by atoms with Crippen LogP contribution in [0.25, 0.3) is 0 Å². The van der Waals surface area contributed by atoms with Crippen molar-refractivity contribution in [3.8, 4) is 0 Å². The molecule has 0 radical (unpaired) electrons. The molecular weight excluding hydrogens is 532 g/mol. The van der Waals surface area contributed by atoms with Crippen LogP contribution in [0.4, 0.5) is 17.6 Å². The lowest BCUT2D eigenvalue weighted by Gasteiger charge is -2.28. The van der Waals surface area contributed by atoms with Crippen LogP contribution in [0.3, 0.4) is 0 Å². The van der Waals surface area contributed by atoms with Gasteiger partial charge in [0.05, 0.1) is 6.04 Å². The Kier molecular flexibility index (Phi) is 10.2. The SMILES string of the molecule is CC(C)(F)c1cc(C(=O)NC(CN[C@@H](C[C@@H]2CCNC2=O)C(=O)COC(F)(F)F)C(=O)C2CCOCC2)no1. The van der Waals surface area contributed by atoms with Crippen LogP contribution < -0.4 is 16.0 Å². The predicted octanol–water partition coefficient (Wildman–Crippen LogP) is 1.56. The molecule has 1 aromatic rings. The van der Waals surface area contributed by atoms with Crippen molar-refractivity contribution in [2.75, 3.05) is 32.9 Å². The van der Waals surface area contributed by atoms with Crippen LogP contribution in [0.1, 0.15) is 55.8 Å². The molecular formula is C24H32F4N4O7. The number of rotatable bonds is 13. The highest BCUT2D eigenvalue weighted by atomic mass is 19.4. The van der Waals surface area contributed by atoms with Gasteiger partial charge in [-0.25, -0.2) is 4.39 Å². The Hall–Kier alpha value is -2.91. The molecule has 0 aliphatic carbocycles. The smallest absolute Gasteiger partial charge is 0.381 e. The molecule has 3 heterocycles. The van der Waals surface area contributed by atoms with Crippen LogP contribution in [0.2, 0.25) is 0 Å². The topological polar surface area (TPSA) is 149 Å². The van der Waals surface area contributed by atoms with Gasteiger partial charge in [0.1, 0.15) is 12.6 Å². The Morgan fingerprint density at radius 2 is 1.85 bits per heavy atom. The molecule has 218 valence electrons. The van der Waals surface area contributed by atoms with E-state index in [0.29, 0.717) is 39.0 Å². The molecule has 0 bridgehead atoms. The monoisotopic (exact) mass is 564 g/mol. The second-order valence-electron chi connectivity index (χ2n) is 10.0. The van der Waals surface area contributed by atoms with Gasteiger partial charge in [-0.3, -0.25) is 23.9 Å². The summed E-state index contributed by atoms with van der Waals surface area (Å²) in [7, 11) is 0. The number of ketones is 2. The van der Waals surface area contributed by atoms with E-state index in [2.05, 4.69) is 25.8 Å². The number of carbonyl (C=O) groups is 4. The Balaban J connectivity index is 1.76. The van der Waals surface area contributed by atoms with Gasteiger partial charge in [0.15, 0.2) is 28.7 Å². The highest BCUT2D eigenvalue weighted by Crippen LogP contribution is 2.25. The van der Waals surface area contributed by atoms with Gasteiger partial charge in [0.25, 0.3) is 5.91 Å². The van der Waals surface area contributed by atoms with Crippen molar-refractivity contribution in [3.63, 3.8) is 0 Å². The molecule has 3 rings (SSSR count). The van der Waals surface area contributed by atoms with Gasteiger partial charge >= 0.3 is 6.36 Å². The van der Waals surface area contributed by atoms with Crippen LogP contribution in [0.5, 0.6) is 0 Å². The Morgan fingerprint density at radius 3 is 2.41 bits per heavy atom. The van der Waals surface area contributed by atoms with Crippen molar-refractivity contribution in [2.45, 2.75) is 63.6 Å². The average molecular weight is 565 g/mol. The number of carbonyl (C=O) groups excluding carboxylic acids is 4. The summed E-state index contributed by atoms with van der Waals surface area (Å²) in [6, 6.07) is -1.40. The number of hydrogen-bond donors (Lipinski definition) is 3. The van der Waals surface area contributed by atoms with Gasteiger partial charge in [-0.2, -0.15) is 0 Å². The molecule has 2 saturated heterocycles. The van der Waals surface area contributed by atoms with Crippen LogP contribution >= 0.6 is 0 Å². The third-order valence-electron chi connectivity index (χ3n) is 6.62. The molecule has 11 nitrogen and oxygen atoms in total. The fraction of sp³-hybridized carbons (Fsp3) is 0.708. The summed E-state index contributed by atoms with van der Waals surface area (Å²) in [4.78, 5) is 50.9. The fourth-order valence-electron chi connectivity index (χ4n) is 4.38. The van der Waals surface area contributed by atoms with E-state index in [0.717, 1.165) is 6.07 Å². The predicted molar refractivity (Wildman–Crippen MR) is 125 cm³/mol. The van der Waals surface area contributed by atoms with Crippen LogP contribution in [0, 0.1) is 11.8 Å². The molecule has 2 fully saturated rings. The molecule has 0 spiro atoms. The molecule has 39 heavy (non-hydrogen) atoms. The Labute approximate surface area is 221 Å². The van der Waals surface area contributed by atoms with Crippen molar-refractivity contribution >= 4 is 23.4 Å². The van der Waals surface area contributed by atoms with Crippen LogP contribution in [0.15, 0.2) is 10.6 Å². The number of ether oxygens (including phenoxy) is 2. The Morgan fingerprint density at radius 1 is 1.15 bits per heavy atom. The molecule has 2 aliphatic rings. The van der Waals surface area contributed by atoms with E-state index in [-0.39, 0.29) is 36.1 Å².